The van der Waals surface area contributed by atoms with Gasteiger partial charge in [0.15, 0.2) is 0 Å². The molecule has 0 saturated heterocycles. The Balaban J connectivity index is 1.87. The largest absolute Gasteiger partial charge is 0.491 e. The van der Waals surface area contributed by atoms with E-state index in [1.165, 1.54) is 19.3 Å². The summed E-state index contributed by atoms with van der Waals surface area (Å²) in [5.41, 5.74) is 7.62. The Kier molecular flexibility index (Phi) is 4.84. The van der Waals surface area contributed by atoms with Crippen molar-refractivity contribution in [3.63, 3.8) is 0 Å². The van der Waals surface area contributed by atoms with Crippen LogP contribution in [0.1, 0.15) is 24.8 Å². The van der Waals surface area contributed by atoms with Crippen LogP contribution >= 0.6 is 0 Å². The van der Waals surface area contributed by atoms with E-state index in [4.69, 9.17) is 19.9 Å². The average molecular weight is 251 g/mol. The van der Waals surface area contributed by atoms with Gasteiger partial charge in [-0.2, -0.15) is 0 Å². The molecule has 4 heteroatoms. The number of nitrogens with two attached hydrogens (primary N) is 1. The van der Waals surface area contributed by atoms with Gasteiger partial charge < -0.3 is 19.9 Å². The molecule has 0 radical (unpaired) electrons. The molecular weight excluding hydrogens is 230 g/mol. The number of ether oxygens (including phenoxy) is 3. The lowest BCUT2D eigenvalue weighted by molar-refractivity contribution is -0.00872. The van der Waals surface area contributed by atoms with Crippen LogP contribution in [-0.2, 0) is 16.1 Å². The summed E-state index contributed by atoms with van der Waals surface area (Å²) >= 11 is 0. The van der Waals surface area contributed by atoms with Crippen LogP contribution in [0.25, 0.3) is 0 Å². The van der Waals surface area contributed by atoms with Crippen molar-refractivity contribution in [3.8, 4) is 5.75 Å². The summed E-state index contributed by atoms with van der Waals surface area (Å²) in [6.07, 6.45) is 4.08. The van der Waals surface area contributed by atoms with Crippen LogP contribution in [0.2, 0.25) is 0 Å². The zero-order valence-corrected chi connectivity index (χ0v) is 10.9. The number of rotatable bonds is 7. The summed E-state index contributed by atoms with van der Waals surface area (Å²) in [7, 11) is 1.65. The second-order valence-electron chi connectivity index (χ2n) is 4.62. The smallest absolute Gasteiger partial charge is 0.121 e. The van der Waals surface area contributed by atoms with Crippen molar-refractivity contribution in [1.29, 1.82) is 0 Å². The SMILES string of the molecule is COCCOc1cc(N)cc(COC2CCC2)c1. The number of methoxy groups -OCH3 is 1. The molecule has 1 fully saturated rings. The number of nitrogen functional groups attached to an aromatic ring is 1. The van der Waals surface area contributed by atoms with Gasteiger partial charge in [0.25, 0.3) is 0 Å². The zero-order valence-electron chi connectivity index (χ0n) is 10.9. The molecule has 0 amide bonds. The Hall–Kier alpha value is -1.26. The van der Waals surface area contributed by atoms with Gasteiger partial charge in [0.1, 0.15) is 12.4 Å². The topological polar surface area (TPSA) is 53.7 Å². The summed E-state index contributed by atoms with van der Waals surface area (Å²) in [6, 6.07) is 5.73. The first-order valence-electron chi connectivity index (χ1n) is 6.40. The van der Waals surface area contributed by atoms with Crippen LogP contribution in [0.5, 0.6) is 5.75 Å². The lowest BCUT2D eigenvalue weighted by Crippen LogP contribution is -2.21. The highest BCUT2D eigenvalue weighted by atomic mass is 16.5. The van der Waals surface area contributed by atoms with E-state index in [1.54, 1.807) is 7.11 Å². The van der Waals surface area contributed by atoms with Gasteiger partial charge in [0.2, 0.25) is 0 Å². The summed E-state index contributed by atoms with van der Waals surface area (Å²) in [6.45, 7) is 1.71. The summed E-state index contributed by atoms with van der Waals surface area (Å²) in [4.78, 5) is 0. The lowest BCUT2D eigenvalue weighted by Gasteiger charge is -2.25. The molecule has 2 N–H and O–H groups in total. The van der Waals surface area contributed by atoms with Gasteiger partial charge >= 0.3 is 0 Å². The Bertz CT molecular complexity index is 377. The van der Waals surface area contributed by atoms with Crippen molar-refractivity contribution < 1.29 is 14.2 Å². The Morgan fingerprint density at radius 1 is 1.22 bits per heavy atom. The zero-order chi connectivity index (χ0) is 12.8. The third kappa shape index (κ3) is 3.89. The number of anilines is 1. The maximum atomic E-state index is 5.85. The molecule has 0 atom stereocenters. The molecule has 0 aromatic heterocycles. The second-order valence-corrected chi connectivity index (χ2v) is 4.62. The lowest BCUT2D eigenvalue weighted by atomic mass is 9.96. The predicted octanol–water partition coefficient (Wildman–Crippen LogP) is 2.36. The molecule has 1 saturated carbocycles. The normalized spacial score (nSPS) is 15.4. The fraction of sp³-hybridized carbons (Fsp3) is 0.571. The molecule has 100 valence electrons. The van der Waals surface area contributed by atoms with E-state index in [2.05, 4.69) is 0 Å². The molecule has 1 aromatic carbocycles. The van der Waals surface area contributed by atoms with E-state index in [9.17, 15) is 0 Å². The van der Waals surface area contributed by atoms with Gasteiger partial charge in [-0.25, -0.2) is 0 Å². The van der Waals surface area contributed by atoms with Gasteiger partial charge in [0, 0.05) is 18.9 Å². The predicted molar refractivity (Wildman–Crippen MR) is 70.7 cm³/mol. The molecule has 0 heterocycles. The van der Waals surface area contributed by atoms with E-state index in [-0.39, 0.29) is 0 Å². The summed E-state index contributed by atoms with van der Waals surface area (Å²) < 4.78 is 16.3. The van der Waals surface area contributed by atoms with Crippen LogP contribution in [0.4, 0.5) is 5.69 Å². The van der Waals surface area contributed by atoms with Gasteiger partial charge in [-0.3, -0.25) is 0 Å². The highest BCUT2D eigenvalue weighted by molar-refractivity contribution is 5.47. The minimum Gasteiger partial charge on any atom is -0.491 e. The van der Waals surface area contributed by atoms with Crippen LogP contribution in [0.3, 0.4) is 0 Å². The third-order valence-corrected chi connectivity index (χ3v) is 3.08. The number of hydrogen-bond acceptors (Lipinski definition) is 4. The van der Waals surface area contributed by atoms with Crippen LogP contribution in [0.15, 0.2) is 18.2 Å². The molecule has 0 unspecified atom stereocenters. The monoisotopic (exact) mass is 251 g/mol. The minimum absolute atomic E-state index is 0.435. The fourth-order valence-corrected chi connectivity index (χ4v) is 1.85. The molecular formula is C14H21NO3. The highest BCUT2D eigenvalue weighted by Crippen LogP contribution is 2.25. The second kappa shape index (κ2) is 6.61. The minimum atomic E-state index is 0.435. The van der Waals surface area contributed by atoms with E-state index in [1.807, 2.05) is 18.2 Å². The molecule has 1 aliphatic rings. The molecule has 2 rings (SSSR count). The molecule has 0 bridgehead atoms. The van der Waals surface area contributed by atoms with Gasteiger partial charge in [-0.05, 0) is 37.0 Å². The van der Waals surface area contributed by atoms with Gasteiger partial charge in [0.05, 0.1) is 19.3 Å². The summed E-state index contributed by atoms with van der Waals surface area (Å²) in [5, 5.41) is 0. The molecule has 1 aromatic rings. The van der Waals surface area contributed by atoms with E-state index >= 15 is 0 Å². The summed E-state index contributed by atoms with van der Waals surface area (Å²) in [5.74, 6) is 0.777. The third-order valence-electron chi connectivity index (χ3n) is 3.08. The first-order valence-corrected chi connectivity index (χ1v) is 6.40. The molecule has 1 aliphatic carbocycles. The molecule has 4 nitrogen and oxygen atoms in total. The van der Waals surface area contributed by atoms with E-state index in [0.29, 0.717) is 31.6 Å². The van der Waals surface area contributed by atoms with Crippen molar-refractivity contribution in [2.24, 2.45) is 0 Å². The standard InChI is InChI=1S/C14H21NO3/c1-16-5-6-17-14-8-11(7-12(15)9-14)10-18-13-3-2-4-13/h7-9,13H,2-6,10,15H2,1H3. The fourth-order valence-electron chi connectivity index (χ4n) is 1.85. The molecule has 18 heavy (non-hydrogen) atoms. The van der Waals surface area contributed by atoms with Crippen LogP contribution in [0, 0.1) is 0 Å². The Labute approximate surface area is 108 Å². The van der Waals surface area contributed by atoms with Crippen molar-refractivity contribution >= 4 is 5.69 Å². The van der Waals surface area contributed by atoms with Crippen molar-refractivity contribution in [3.05, 3.63) is 23.8 Å². The van der Waals surface area contributed by atoms with E-state index < -0.39 is 0 Å². The number of benzene rings is 1. The van der Waals surface area contributed by atoms with Crippen LogP contribution < -0.4 is 10.5 Å². The maximum Gasteiger partial charge on any atom is 0.121 e. The molecule has 0 spiro atoms. The van der Waals surface area contributed by atoms with Gasteiger partial charge in [-0.15, -0.1) is 0 Å². The van der Waals surface area contributed by atoms with E-state index in [0.717, 1.165) is 11.3 Å². The van der Waals surface area contributed by atoms with Crippen molar-refractivity contribution in [2.75, 3.05) is 26.1 Å². The first kappa shape index (κ1) is 13.2. The first-order chi connectivity index (χ1) is 8.78. The Morgan fingerprint density at radius 2 is 2.06 bits per heavy atom. The molecule has 0 aliphatic heterocycles. The highest BCUT2D eigenvalue weighted by Gasteiger charge is 2.17. The maximum absolute atomic E-state index is 5.85. The Morgan fingerprint density at radius 3 is 2.72 bits per heavy atom. The van der Waals surface area contributed by atoms with Crippen molar-refractivity contribution in [2.45, 2.75) is 32.0 Å². The van der Waals surface area contributed by atoms with Gasteiger partial charge in [-0.1, -0.05) is 0 Å². The van der Waals surface area contributed by atoms with Crippen LogP contribution in [-0.4, -0.2) is 26.4 Å². The average Bonchev–Trinajstić information content (AvgIpc) is 2.26. The number of hydrogen-bond donors (Lipinski definition) is 1. The van der Waals surface area contributed by atoms with Crippen molar-refractivity contribution in [1.82, 2.24) is 0 Å². The quantitative estimate of drug-likeness (QED) is 0.597.